The molecule has 0 fully saturated rings. The minimum absolute atomic E-state index is 0. The van der Waals surface area contributed by atoms with Crippen LogP contribution in [-0.2, 0) is 34.4 Å². The molecule has 0 unspecified atom stereocenters. The van der Waals surface area contributed by atoms with Gasteiger partial charge in [0, 0.05) is 34.4 Å². The molecule has 0 N–H and O–H groups in total. The number of hydrogen-bond donors (Lipinski definition) is 0. The van der Waals surface area contributed by atoms with E-state index in [4.69, 9.17) is 0 Å². The standard InChI is InChI=1S/Al.Cr.Mg.Mn.5H/q;;+2;;;;;2*-1. The first-order valence-electron chi connectivity index (χ1n) is 0. The second-order valence-electron chi connectivity index (χ2n) is 0. The minimum atomic E-state index is 0. The van der Waals surface area contributed by atoms with E-state index in [2.05, 4.69) is 0 Å². The molecular weight excluding hydrogens is 158 g/mol. The summed E-state index contributed by atoms with van der Waals surface area (Å²) in [5, 5.41) is 0. The smallest absolute Gasteiger partial charge is 1.00 e. The summed E-state index contributed by atoms with van der Waals surface area (Å²) >= 11 is 0. The van der Waals surface area contributed by atoms with Crippen LogP contribution in [0.5, 0.6) is 0 Å². The van der Waals surface area contributed by atoms with Gasteiger partial charge in [0.15, 0.2) is 17.4 Å². The van der Waals surface area contributed by atoms with Gasteiger partial charge in [0.2, 0.25) is 0 Å². The second-order valence-corrected chi connectivity index (χ2v) is 0. The van der Waals surface area contributed by atoms with Crippen molar-refractivity contribution in [3.63, 3.8) is 0 Å². The molecule has 0 saturated heterocycles. The molecule has 0 rings (SSSR count). The minimum Gasteiger partial charge on any atom is -1.00 e. The Bertz CT molecular complexity index is 13.5. The van der Waals surface area contributed by atoms with Crippen LogP contribution in [0.15, 0.2) is 0 Å². The Morgan fingerprint density at radius 1 is 1.25 bits per heavy atom. The zero-order valence-corrected chi connectivity index (χ0v) is 5.36. The second kappa shape index (κ2) is 18.3. The third-order valence-corrected chi connectivity index (χ3v) is 0. The van der Waals surface area contributed by atoms with Gasteiger partial charge in [-0.2, -0.15) is 0 Å². The van der Waals surface area contributed by atoms with Crippen molar-refractivity contribution in [1.29, 1.82) is 0 Å². The molecule has 0 heterocycles. The zero-order valence-electron chi connectivity index (χ0n) is 3.49. The van der Waals surface area contributed by atoms with E-state index in [0.717, 1.165) is 0 Å². The molecular formula is H5AlCrMgMn. The Labute approximate surface area is 77.0 Å². The fourth-order valence-corrected chi connectivity index (χ4v) is 0. The van der Waals surface area contributed by atoms with Crippen molar-refractivity contribution in [3.05, 3.63) is 0 Å². The van der Waals surface area contributed by atoms with E-state index in [1.165, 1.54) is 0 Å². The van der Waals surface area contributed by atoms with Crippen LogP contribution in [0.2, 0.25) is 0 Å². The molecule has 0 aliphatic carbocycles. The molecule has 0 saturated carbocycles. The van der Waals surface area contributed by atoms with E-state index in [1.807, 2.05) is 0 Å². The van der Waals surface area contributed by atoms with Crippen molar-refractivity contribution < 1.29 is 37.3 Å². The molecule has 0 bridgehead atoms. The predicted molar refractivity (Wildman–Crippen MR) is 17.9 cm³/mol. The van der Waals surface area contributed by atoms with E-state index in [1.54, 1.807) is 0 Å². The summed E-state index contributed by atoms with van der Waals surface area (Å²) in [5.74, 6) is 0. The largest absolute Gasteiger partial charge is 2.00 e. The van der Waals surface area contributed by atoms with Crippen molar-refractivity contribution in [2.75, 3.05) is 0 Å². The molecule has 4 heavy (non-hydrogen) atoms. The average molecular weight is 163 g/mol. The molecule has 0 aromatic heterocycles. The topological polar surface area (TPSA) is 0 Å². The van der Waals surface area contributed by atoms with Crippen LogP contribution in [0.3, 0.4) is 0 Å². The van der Waals surface area contributed by atoms with Gasteiger partial charge in [-0.1, -0.05) is 0 Å². The van der Waals surface area contributed by atoms with E-state index in [9.17, 15) is 0 Å². The molecule has 1 radical (unpaired) electrons. The van der Waals surface area contributed by atoms with E-state index in [-0.39, 0.29) is 77.7 Å². The first-order valence-corrected chi connectivity index (χ1v) is 0. The summed E-state index contributed by atoms with van der Waals surface area (Å²) < 4.78 is 0. The maximum absolute atomic E-state index is 0. The molecule has 0 aliphatic heterocycles. The van der Waals surface area contributed by atoms with E-state index < -0.39 is 0 Å². The third-order valence-electron chi connectivity index (χ3n) is 0. The van der Waals surface area contributed by atoms with Gasteiger partial charge in [0.1, 0.15) is 0 Å². The molecule has 0 spiro atoms. The van der Waals surface area contributed by atoms with Crippen LogP contribution in [0.4, 0.5) is 0 Å². The maximum Gasteiger partial charge on any atom is 2.00 e. The first kappa shape index (κ1) is 32.9. The van der Waals surface area contributed by atoms with Crippen molar-refractivity contribution in [2.24, 2.45) is 0 Å². The molecule has 0 aliphatic rings. The van der Waals surface area contributed by atoms with E-state index >= 15 is 0 Å². The van der Waals surface area contributed by atoms with E-state index in [0.29, 0.717) is 0 Å². The Balaban J connectivity index is 0. The Hall–Kier alpha value is 2.35. The summed E-state index contributed by atoms with van der Waals surface area (Å²) in [4.78, 5) is 0. The summed E-state index contributed by atoms with van der Waals surface area (Å²) in [7, 11) is 0. The van der Waals surface area contributed by atoms with Crippen molar-refractivity contribution in [2.45, 2.75) is 0 Å². The van der Waals surface area contributed by atoms with Gasteiger partial charge in [-0.05, 0) is 0 Å². The summed E-state index contributed by atoms with van der Waals surface area (Å²) in [6.07, 6.45) is 0. The average Bonchev–Trinajstić information content (AvgIpc) is 0. The molecule has 23 valence electrons. The maximum atomic E-state index is 0. The fourth-order valence-electron chi connectivity index (χ4n) is 0. The third kappa shape index (κ3) is 8.84. The van der Waals surface area contributed by atoms with Crippen LogP contribution in [0, 0.1) is 0 Å². The molecule has 0 amide bonds. The van der Waals surface area contributed by atoms with Gasteiger partial charge in [0.25, 0.3) is 0 Å². The van der Waals surface area contributed by atoms with Crippen molar-refractivity contribution in [3.8, 4) is 0 Å². The number of hydrogen-bond acceptors (Lipinski definition) is 0. The van der Waals surface area contributed by atoms with Gasteiger partial charge in [-0.15, -0.1) is 0 Å². The van der Waals surface area contributed by atoms with Gasteiger partial charge in [-0.25, -0.2) is 0 Å². The Morgan fingerprint density at radius 3 is 1.25 bits per heavy atom. The molecule has 0 atom stereocenters. The Kier molecular flexibility index (Phi) is 151. The molecule has 0 aromatic rings. The Morgan fingerprint density at radius 2 is 1.25 bits per heavy atom. The molecule has 4 heteroatoms. The van der Waals surface area contributed by atoms with Crippen LogP contribution < -0.4 is 0 Å². The van der Waals surface area contributed by atoms with Crippen LogP contribution in [0.1, 0.15) is 2.85 Å². The fraction of sp³-hybridized carbons (Fsp3) is 0. The van der Waals surface area contributed by atoms with Crippen molar-refractivity contribution >= 4 is 40.4 Å². The quantitative estimate of drug-likeness (QED) is 0.388. The molecule has 0 nitrogen and oxygen atoms in total. The van der Waals surface area contributed by atoms with Gasteiger partial charge in [-0.3, -0.25) is 0 Å². The molecule has 0 aromatic carbocycles. The summed E-state index contributed by atoms with van der Waals surface area (Å²) in [6.45, 7) is 0. The summed E-state index contributed by atoms with van der Waals surface area (Å²) in [5.41, 5.74) is 0. The van der Waals surface area contributed by atoms with Crippen LogP contribution in [0.25, 0.3) is 0 Å². The predicted octanol–water partition coefficient (Wildman–Crippen LogP) is -1.34. The van der Waals surface area contributed by atoms with Gasteiger partial charge >= 0.3 is 23.1 Å². The summed E-state index contributed by atoms with van der Waals surface area (Å²) in [6, 6.07) is 0. The van der Waals surface area contributed by atoms with Crippen LogP contribution in [-0.4, -0.2) is 40.4 Å². The van der Waals surface area contributed by atoms with Gasteiger partial charge < -0.3 is 2.85 Å². The van der Waals surface area contributed by atoms with Gasteiger partial charge in [0.05, 0.1) is 0 Å². The normalized spacial score (nSPS) is 0. The number of rotatable bonds is 0. The zero-order chi connectivity index (χ0) is 0. The SMILES string of the molecule is [AlH3].[Cr].[H-].[H-].[Mg+2].[Mn]. The first-order chi connectivity index (χ1) is 0. The van der Waals surface area contributed by atoms with Crippen molar-refractivity contribution in [1.82, 2.24) is 0 Å². The van der Waals surface area contributed by atoms with Crippen LogP contribution >= 0.6 is 0 Å². The monoisotopic (exact) mass is 163 g/mol.